The molecule has 0 aliphatic carbocycles. The van der Waals surface area contributed by atoms with Gasteiger partial charge in [-0.1, -0.05) is 0 Å². The Hall–Kier alpha value is -4.41. The van der Waals surface area contributed by atoms with Crippen LogP contribution in [0.4, 0.5) is 0 Å². The molecular weight excluding hydrogens is 676 g/mol. The summed E-state index contributed by atoms with van der Waals surface area (Å²) in [5, 5.41) is 112. The molecule has 3 aromatic rings. The summed E-state index contributed by atoms with van der Waals surface area (Å²) in [7, 11) is 0. The maximum atomic E-state index is 13.4. The first-order valence-corrected chi connectivity index (χ1v) is 15.0. The number of ether oxygens (including phenoxy) is 4. The molecule has 2 aromatic carbocycles. The molecule has 1 aromatic heterocycles. The number of phenols is 2. The predicted octanol–water partition coefficient (Wildman–Crippen LogP) is -3.05. The lowest BCUT2D eigenvalue weighted by Crippen LogP contribution is -2.60. The molecule has 5 rings (SSSR count). The molecule has 2 aliphatic rings. The van der Waals surface area contributed by atoms with E-state index in [-0.39, 0.29) is 17.1 Å². The molecule has 2 saturated heterocycles. The van der Waals surface area contributed by atoms with E-state index < -0.39 is 127 Å². The van der Waals surface area contributed by atoms with Crippen LogP contribution >= 0.6 is 0 Å². The zero-order chi connectivity index (χ0) is 36.6. The van der Waals surface area contributed by atoms with E-state index in [0.717, 1.165) is 12.1 Å². The van der Waals surface area contributed by atoms with E-state index in [1.54, 1.807) is 0 Å². The lowest BCUT2D eigenvalue weighted by Gasteiger charge is -2.42. The van der Waals surface area contributed by atoms with Crippen molar-refractivity contribution in [2.75, 3.05) is 13.2 Å². The van der Waals surface area contributed by atoms with E-state index in [1.807, 2.05) is 0 Å². The van der Waals surface area contributed by atoms with Gasteiger partial charge in [0.25, 0.3) is 0 Å². The molecule has 0 spiro atoms. The maximum Gasteiger partial charge on any atom is 0.333 e. The SMILES string of the molecule is O=C(CC(O)C(=O)O)OCC1O[C@@H](Oc2cc3oc(-c4ccc(O)cc4)cc(=O)c3c(O)c2[C@@H]2OC(CO)[C@@H](O)[C@H](O)C2O)C(O)[C@@H](O)[C@@H]1O. The van der Waals surface area contributed by atoms with Crippen molar-refractivity contribution < 1.29 is 89.1 Å². The number of carboxylic acid groups (broad SMARTS) is 1. The summed E-state index contributed by atoms with van der Waals surface area (Å²) < 4.78 is 27.7. The number of aliphatic hydroxyl groups excluding tert-OH is 8. The van der Waals surface area contributed by atoms with E-state index in [1.165, 1.54) is 24.3 Å². The van der Waals surface area contributed by atoms with Crippen LogP contribution in [-0.2, 0) is 23.8 Å². The molecule has 0 amide bonds. The van der Waals surface area contributed by atoms with Crippen molar-refractivity contribution in [2.45, 2.75) is 73.8 Å². The molecular formula is C31H34O19. The van der Waals surface area contributed by atoms with Crippen LogP contribution in [0.5, 0.6) is 17.2 Å². The number of aliphatic carboxylic acids is 1. The van der Waals surface area contributed by atoms with Crippen molar-refractivity contribution in [3.05, 3.63) is 52.2 Å². The average Bonchev–Trinajstić information content (AvgIpc) is 3.07. The molecule has 11 atom stereocenters. The van der Waals surface area contributed by atoms with E-state index in [2.05, 4.69) is 0 Å². The summed E-state index contributed by atoms with van der Waals surface area (Å²) >= 11 is 0. The summed E-state index contributed by atoms with van der Waals surface area (Å²) in [4.78, 5) is 36.2. The highest BCUT2D eigenvalue weighted by Gasteiger charge is 2.49. The quantitative estimate of drug-likeness (QED) is 0.0931. The third kappa shape index (κ3) is 7.23. The largest absolute Gasteiger partial charge is 0.508 e. The van der Waals surface area contributed by atoms with Crippen LogP contribution in [-0.4, -0.2) is 143 Å². The summed E-state index contributed by atoms with van der Waals surface area (Å²) in [6.07, 6.45) is -21.9. The highest BCUT2D eigenvalue weighted by molar-refractivity contribution is 5.88. The molecule has 2 aliphatic heterocycles. The Morgan fingerprint density at radius 3 is 2.12 bits per heavy atom. The zero-order valence-corrected chi connectivity index (χ0v) is 25.6. The molecule has 19 nitrogen and oxygen atoms in total. The number of rotatable bonds is 10. The number of aromatic hydroxyl groups is 2. The topological polar surface area (TPSA) is 324 Å². The first kappa shape index (κ1) is 36.9. The van der Waals surface area contributed by atoms with Gasteiger partial charge in [0.05, 0.1) is 18.6 Å². The van der Waals surface area contributed by atoms with Gasteiger partial charge in [0, 0.05) is 17.7 Å². The Morgan fingerprint density at radius 1 is 0.840 bits per heavy atom. The maximum absolute atomic E-state index is 13.4. The second-order valence-corrected chi connectivity index (χ2v) is 11.7. The Bertz CT molecular complexity index is 1760. The van der Waals surface area contributed by atoms with Crippen LogP contribution < -0.4 is 10.2 Å². The number of carbonyl (C=O) groups excluding carboxylic acids is 1. The number of hydrogen-bond donors (Lipinski definition) is 11. The van der Waals surface area contributed by atoms with Crippen molar-refractivity contribution in [1.82, 2.24) is 0 Å². The summed E-state index contributed by atoms with van der Waals surface area (Å²) in [5.41, 5.74) is -1.43. The van der Waals surface area contributed by atoms with Crippen molar-refractivity contribution in [3.63, 3.8) is 0 Å². The van der Waals surface area contributed by atoms with Crippen molar-refractivity contribution in [3.8, 4) is 28.6 Å². The lowest BCUT2D eigenvalue weighted by atomic mass is 9.89. The van der Waals surface area contributed by atoms with Crippen LogP contribution in [0, 0.1) is 0 Å². The van der Waals surface area contributed by atoms with Gasteiger partial charge in [0.15, 0.2) is 11.5 Å². The Balaban J connectivity index is 1.56. The predicted molar refractivity (Wildman–Crippen MR) is 160 cm³/mol. The number of carboxylic acids is 1. The van der Waals surface area contributed by atoms with Gasteiger partial charge in [-0.15, -0.1) is 0 Å². The second-order valence-electron chi connectivity index (χ2n) is 11.7. The van der Waals surface area contributed by atoms with E-state index in [4.69, 9.17) is 28.5 Å². The standard InChI is InChI=1S/C31H34O19/c32-8-17-22(37)25(40)27(42)29(48-17)21-16(7-15-20(24(21)39)12(34)5-14(47-15)10-1-3-11(33)4-2-10)49-31-28(43)26(41)23(38)18(50-31)9-46-19(36)6-13(35)30(44)45/h1-5,7,13,17-18,22-23,25-29,31-33,35,37-43H,6,8-9H2,(H,44,45)/t13?,17?,18?,22-,23-,25+,26+,27?,28?,29+,31-/m1/s1. The monoisotopic (exact) mass is 710 g/mol. The minimum absolute atomic E-state index is 0.0455. The molecule has 11 N–H and O–H groups in total. The number of carbonyl (C=O) groups is 2. The van der Waals surface area contributed by atoms with E-state index in [0.29, 0.717) is 5.56 Å². The fourth-order valence-corrected chi connectivity index (χ4v) is 5.53. The summed E-state index contributed by atoms with van der Waals surface area (Å²) in [5.74, 6) is -4.56. The molecule has 19 heteroatoms. The number of esters is 1. The van der Waals surface area contributed by atoms with Gasteiger partial charge in [-0.05, 0) is 24.3 Å². The molecule has 3 heterocycles. The first-order valence-electron chi connectivity index (χ1n) is 15.0. The van der Waals surface area contributed by atoms with Crippen LogP contribution in [0.15, 0.2) is 45.6 Å². The fraction of sp³-hybridized carbons (Fsp3) is 0.452. The summed E-state index contributed by atoms with van der Waals surface area (Å²) in [6, 6.07) is 7.50. The third-order valence-electron chi connectivity index (χ3n) is 8.29. The number of fused-ring (bicyclic) bond motifs is 1. The minimum Gasteiger partial charge on any atom is -0.508 e. The van der Waals surface area contributed by atoms with Gasteiger partial charge in [-0.25, -0.2) is 4.79 Å². The van der Waals surface area contributed by atoms with Crippen LogP contribution in [0.1, 0.15) is 18.1 Å². The molecule has 0 radical (unpaired) electrons. The van der Waals surface area contributed by atoms with Crippen molar-refractivity contribution >= 4 is 22.9 Å². The second kappa shape index (κ2) is 14.8. The average molecular weight is 711 g/mol. The van der Waals surface area contributed by atoms with Crippen molar-refractivity contribution in [2.24, 2.45) is 0 Å². The van der Waals surface area contributed by atoms with E-state index >= 15 is 0 Å². The zero-order valence-electron chi connectivity index (χ0n) is 25.6. The Morgan fingerprint density at radius 2 is 1.48 bits per heavy atom. The van der Waals surface area contributed by atoms with Crippen LogP contribution in [0.25, 0.3) is 22.3 Å². The van der Waals surface area contributed by atoms with Crippen LogP contribution in [0.3, 0.4) is 0 Å². The summed E-state index contributed by atoms with van der Waals surface area (Å²) in [6.45, 7) is -1.72. The highest BCUT2D eigenvalue weighted by atomic mass is 16.7. The van der Waals surface area contributed by atoms with Gasteiger partial charge in [0.2, 0.25) is 6.29 Å². The lowest BCUT2D eigenvalue weighted by molar-refractivity contribution is -0.279. The fourth-order valence-electron chi connectivity index (χ4n) is 5.53. The van der Waals surface area contributed by atoms with Gasteiger partial charge in [0.1, 0.15) is 95.5 Å². The Labute approximate surface area is 279 Å². The molecule has 2 fully saturated rings. The van der Waals surface area contributed by atoms with Gasteiger partial charge in [-0.2, -0.15) is 0 Å². The number of phenolic OH excluding ortho intramolecular Hbond substituents is 2. The minimum atomic E-state index is -2.10. The highest BCUT2D eigenvalue weighted by Crippen LogP contribution is 2.46. The number of aliphatic hydroxyl groups is 8. The molecule has 50 heavy (non-hydrogen) atoms. The smallest absolute Gasteiger partial charge is 0.333 e. The number of hydrogen-bond acceptors (Lipinski definition) is 18. The number of benzene rings is 2. The van der Waals surface area contributed by atoms with Gasteiger partial charge < -0.3 is 79.5 Å². The Kier molecular flexibility index (Phi) is 10.9. The molecule has 272 valence electrons. The molecule has 0 bridgehead atoms. The van der Waals surface area contributed by atoms with E-state index in [9.17, 15) is 65.4 Å². The third-order valence-corrected chi connectivity index (χ3v) is 8.29. The molecule has 5 unspecified atom stereocenters. The molecule has 0 saturated carbocycles. The van der Waals surface area contributed by atoms with Gasteiger partial charge >= 0.3 is 11.9 Å². The van der Waals surface area contributed by atoms with Gasteiger partial charge in [-0.3, -0.25) is 9.59 Å². The van der Waals surface area contributed by atoms with Crippen molar-refractivity contribution in [1.29, 1.82) is 0 Å². The van der Waals surface area contributed by atoms with Crippen LogP contribution in [0.2, 0.25) is 0 Å². The normalized spacial score (nSPS) is 30.5. The first-order chi connectivity index (χ1) is 23.6.